The minimum atomic E-state index is -1.63. The number of thioether (sulfide) groups is 1. The van der Waals surface area contributed by atoms with E-state index in [1.54, 1.807) is 32.3 Å². The molecule has 228 valence electrons. The molecule has 13 nitrogen and oxygen atoms in total. The molecule has 0 radical (unpaired) electrons. The molecule has 0 aliphatic carbocycles. The average molecular weight is 641 g/mol. The first-order valence-electron chi connectivity index (χ1n) is 12.6. The van der Waals surface area contributed by atoms with Crippen molar-refractivity contribution in [2.24, 2.45) is 0 Å². The Morgan fingerprint density at radius 3 is 2.60 bits per heavy atom. The minimum Gasteiger partial charge on any atom is -0.394 e. The van der Waals surface area contributed by atoms with Crippen LogP contribution in [-0.4, -0.2) is 101 Å². The highest BCUT2D eigenvalue weighted by atomic mass is 35.5. The van der Waals surface area contributed by atoms with Crippen LogP contribution in [0.2, 0.25) is 5.02 Å². The molecular weight excluding hydrogens is 617 g/mol. The van der Waals surface area contributed by atoms with Gasteiger partial charge < -0.3 is 24.6 Å². The van der Waals surface area contributed by atoms with Gasteiger partial charge in [-0.15, -0.1) is 15.3 Å². The molecule has 1 amide bonds. The zero-order valence-corrected chi connectivity index (χ0v) is 24.0. The number of H-pyrrole nitrogens is 1. The van der Waals surface area contributed by atoms with Gasteiger partial charge >= 0.3 is 0 Å². The number of aromatic nitrogens is 7. The first kappa shape index (κ1) is 30.8. The molecule has 2 aromatic carbocycles. The number of benzene rings is 2. The van der Waals surface area contributed by atoms with E-state index in [4.69, 9.17) is 21.1 Å². The number of aliphatic hydroxyl groups excluding tert-OH is 2. The third-order valence-electron chi connectivity index (χ3n) is 6.54. The number of rotatable bonds is 9. The predicted molar refractivity (Wildman–Crippen MR) is 144 cm³/mol. The van der Waals surface area contributed by atoms with Gasteiger partial charge in [0, 0.05) is 29.6 Å². The Balaban J connectivity index is 1.55. The highest BCUT2D eigenvalue weighted by Gasteiger charge is 2.48. The van der Waals surface area contributed by atoms with Crippen molar-refractivity contribution >= 4 is 29.3 Å². The molecule has 0 saturated carbocycles. The van der Waals surface area contributed by atoms with Gasteiger partial charge in [-0.2, -0.15) is 5.21 Å². The lowest BCUT2D eigenvalue weighted by atomic mass is 9.97. The number of aromatic amines is 1. The Labute approximate surface area is 250 Å². The molecule has 43 heavy (non-hydrogen) atoms. The number of nitrogens with zero attached hydrogens (tertiary/aromatic N) is 7. The van der Waals surface area contributed by atoms with E-state index in [0.717, 1.165) is 23.9 Å². The van der Waals surface area contributed by atoms with Crippen molar-refractivity contribution in [2.75, 3.05) is 20.7 Å². The van der Waals surface area contributed by atoms with Gasteiger partial charge in [0.25, 0.3) is 5.91 Å². The van der Waals surface area contributed by atoms with Crippen molar-refractivity contribution in [3.63, 3.8) is 0 Å². The normalized spacial score (nSPS) is 22.1. The molecule has 1 saturated heterocycles. The van der Waals surface area contributed by atoms with Gasteiger partial charge in [-0.05, 0) is 30.3 Å². The Bertz CT molecular complexity index is 1570. The summed E-state index contributed by atoms with van der Waals surface area (Å²) in [4.78, 5) is 14.8. The molecule has 4 aromatic rings. The van der Waals surface area contributed by atoms with Crippen molar-refractivity contribution < 1.29 is 37.7 Å². The molecule has 5 atom stereocenters. The Kier molecular flexibility index (Phi) is 9.28. The minimum absolute atomic E-state index is 0.0353. The topological polar surface area (TPSA) is 164 Å². The second kappa shape index (κ2) is 12.9. The summed E-state index contributed by atoms with van der Waals surface area (Å²) in [5, 5.41) is 43.3. The van der Waals surface area contributed by atoms with Crippen LogP contribution < -0.4 is 0 Å². The number of ether oxygens (including phenoxy) is 2. The number of halogens is 4. The van der Waals surface area contributed by atoms with Crippen LogP contribution in [-0.2, 0) is 16.1 Å². The molecule has 5 rings (SSSR count). The highest BCUT2D eigenvalue weighted by Crippen LogP contribution is 2.42. The van der Waals surface area contributed by atoms with Crippen LogP contribution in [0.15, 0.2) is 41.4 Å². The van der Waals surface area contributed by atoms with Gasteiger partial charge in [0.05, 0.1) is 18.4 Å². The molecule has 3 N–H and O–H groups in total. The van der Waals surface area contributed by atoms with Crippen LogP contribution in [0.5, 0.6) is 0 Å². The quantitative estimate of drug-likeness (QED) is 0.230. The van der Waals surface area contributed by atoms with Gasteiger partial charge in [0.1, 0.15) is 42.1 Å². The number of hydrogen-bond acceptors (Lipinski definition) is 11. The van der Waals surface area contributed by atoms with Gasteiger partial charge in [-0.3, -0.25) is 4.79 Å². The molecule has 2 unspecified atom stereocenters. The smallest absolute Gasteiger partial charge is 0.254 e. The lowest BCUT2D eigenvalue weighted by molar-refractivity contribution is -0.196. The first-order chi connectivity index (χ1) is 20.6. The van der Waals surface area contributed by atoms with E-state index in [9.17, 15) is 28.2 Å². The zero-order valence-electron chi connectivity index (χ0n) is 22.4. The molecule has 0 bridgehead atoms. The maximum atomic E-state index is 13.9. The van der Waals surface area contributed by atoms with Gasteiger partial charge in [0.2, 0.25) is 0 Å². The summed E-state index contributed by atoms with van der Waals surface area (Å²) in [5.74, 6) is -4.61. The van der Waals surface area contributed by atoms with Crippen molar-refractivity contribution in [2.45, 2.75) is 41.3 Å². The van der Waals surface area contributed by atoms with E-state index in [1.807, 2.05) is 0 Å². The van der Waals surface area contributed by atoms with E-state index in [-0.39, 0.29) is 29.6 Å². The van der Waals surface area contributed by atoms with E-state index in [0.29, 0.717) is 15.5 Å². The maximum Gasteiger partial charge on any atom is 0.254 e. The number of amides is 1. The third kappa shape index (κ3) is 6.51. The van der Waals surface area contributed by atoms with E-state index in [1.165, 1.54) is 15.8 Å². The second-order valence-electron chi connectivity index (χ2n) is 9.61. The number of nitrogens with one attached hydrogen (secondary N) is 1. The predicted octanol–water partition coefficient (Wildman–Crippen LogP) is 2.23. The summed E-state index contributed by atoms with van der Waals surface area (Å²) in [5.41, 5.74) is -0.833. The summed E-state index contributed by atoms with van der Waals surface area (Å²) in [6, 6.07) is 5.10. The van der Waals surface area contributed by atoms with Crippen molar-refractivity contribution in [1.82, 2.24) is 40.5 Å². The molecule has 1 aliphatic rings. The molecule has 3 heterocycles. The van der Waals surface area contributed by atoms with Gasteiger partial charge in [-0.1, -0.05) is 33.8 Å². The summed E-state index contributed by atoms with van der Waals surface area (Å²) < 4.78 is 54.8. The lowest BCUT2D eigenvalue weighted by Gasteiger charge is -2.43. The van der Waals surface area contributed by atoms with Gasteiger partial charge in [0.15, 0.2) is 23.3 Å². The van der Waals surface area contributed by atoms with Crippen LogP contribution in [0.3, 0.4) is 0 Å². The van der Waals surface area contributed by atoms with Gasteiger partial charge in [-0.25, -0.2) is 17.9 Å². The van der Waals surface area contributed by atoms with Crippen LogP contribution in [0.4, 0.5) is 13.2 Å². The lowest BCUT2D eigenvalue weighted by Crippen LogP contribution is -2.55. The molecule has 1 aliphatic heterocycles. The Morgan fingerprint density at radius 1 is 1.21 bits per heavy atom. The number of tetrazole rings is 1. The molecule has 2 aromatic heterocycles. The molecule has 18 heteroatoms. The summed E-state index contributed by atoms with van der Waals surface area (Å²) >= 11 is 7.32. The van der Waals surface area contributed by atoms with Crippen molar-refractivity contribution in [3.8, 4) is 11.3 Å². The number of carbonyl (C=O) groups excluding carboxylic acids is 1. The largest absolute Gasteiger partial charge is 0.394 e. The molecule has 0 spiro atoms. The van der Waals surface area contributed by atoms with Crippen LogP contribution in [0.25, 0.3) is 11.3 Å². The standard InChI is InChI=1S/C25H24ClF3N8O5S/c1-36(2)24(40)13-4-3-12(26)7-18(13)43-25-23(41-10-19-31-33-34-32-19)21(22(39)17(9-38)42-25)37-8-16(30-35-37)11-5-14(27)20(29)15(28)6-11/h3-8,17,21-23,25,38-39H,9-10H2,1-2H3,(H,31,32,33,34)/t17?,21-,22-,23?,25+/m0/s1. The van der Waals surface area contributed by atoms with Crippen molar-refractivity contribution in [3.05, 3.63) is 70.4 Å². The first-order valence-corrected chi connectivity index (χ1v) is 13.9. The summed E-state index contributed by atoms with van der Waals surface area (Å²) in [6.07, 6.45) is -2.39. The second-order valence-corrected chi connectivity index (χ2v) is 11.2. The number of aliphatic hydroxyl groups is 2. The van der Waals surface area contributed by atoms with Crippen LogP contribution in [0.1, 0.15) is 22.2 Å². The van der Waals surface area contributed by atoms with E-state index in [2.05, 4.69) is 30.9 Å². The van der Waals surface area contributed by atoms with Crippen LogP contribution >= 0.6 is 23.4 Å². The fourth-order valence-electron chi connectivity index (χ4n) is 4.44. The average Bonchev–Trinajstić information content (AvgIpc) is 3.68. The third-order valence-corrected chi connectivity index (χ3v) is 7.98. The van der Waals surface area contributed by atoms with Crippen LogP contribution in [0, 0.1) is 17.5 Å². The molecular formula is C25H24ClF3N8O5S. The zero-order chi connectivity index (χ0) is 30.8. The fraction of sp³-hybridized carbons (Fsp3) is 0.360. The van der Waals surface area contributed by atoms with E-state index < -0.39 is 53.8 Å². The SMILES string of the molecule is CN(C)C(=O)c1ccc(Cl)cc1S[C@H]1OC(CO)[C@H](O)[C@H](n2cc(-c3cc(F)c(F)c(F)c3)nn2)C1OCc1nn[nH]n1. The number of hydrogen-bond donors (Lipinski definition) is 3. The Morgan fingerprint density at radius 2 is 1.95 bits per heavy atom. The summed E-state index contributed by atoms with van der Waals surface area (Å²) in [6.45, 7) is -0.815. The fourth-order valence-corrected chi connectivity index (χ4v) is 5.98. The molecule has 1 fully saturated rings. The summed E-state index contributed by atoms with van der Waals surface area (Å²) in [7, 11) is 3.18. The monoisotopic (exact) mass is 640 g/mol. The Hall–Kier alpha value is -3.61. The van der Waals surface area contributed by atoms with Crippen molar-refractivity contribution in [1.29, 1.82) is 0 Å². The maximum absolute atomic E-state index is 13.9. The number of carbonyl (C=O) groups is 1. The highest BCUT2D eigenvalue weighted by molar-refractivity contribution is 8.00. The van der Waals surface area contributed by atoms with E-state index >= 15 is 0 Å².